The van der Waals surface area contributed by atoms with Crippen molar-refractivity contribution in [3.8, 4) is 11.5 Å². The van der Waals surface area contributed by atoms with E-state index in [1.165, 1.54) is 0 Å². The van der Waals surface area contributed by atoms with Crippen molar-refractivity contribution in [2.75, 3.05) is 25.0 Å². The minimum absolute atomic E-state index is 0.00199. The SMILES string of the molecule is O=C(CCCCNCC1COc2ccccc2O1)Nc1ccc(Cl)c(Cl)c1. The van der Waals surface area contributed by atoms with Gasteiger partial charge in [0.05, 0.1) is 10.0 Å². The van der Waals surface area contributed by atoms with E-state index in [2.05, 4.69) is 10.6 Å². The van der Waals surface area contributed by atoms with E-state index in [-0.39, 0.29) is 12.0 Å². The highest BCUT2D eigenvalue weighted by Crippen LogP contribution is 2.30. The van der Waals surface area contributed by atoms with Gasteiger partial charge in [-0.2, -0.15) is 0 Å². The fourth-order valence-electron chi connectivity index (χ4n) is 2.76. The number of nitrogens with one attached hydrogen (secondary N) is 2. The van der Waals surface area contributed by atoms with Gasteiger partial charge in [-0.25, -0.2) is 0 Å². The van der Waals surface area contributed by atoms with Crippen LogP contribution in [0.4, 0.5) is 5.69 Å². The van der Waals surface area contributed by atoms with Crippen LogP contribution in [0.15, 0.2) is 42.5 Å². The second-order valence-electron chi connectivity index (χ2n) is 6.34. The average Bonchev–Trinajstić information content (AvgIpc) is 2.67. The molecule has 0 spiro atoms. The fourth-order valence-corrected chi connectivity index (χ4v) is 3.06. The molecule has 2 aromatic carbocycles. The number of hydrogen-bond acceptors (Lipinski definition) is 4. The smallest absolute Gasteiger partial charge is 0.224 e. The standard InChI is InChI=1S/C20H22Cl2N2O3/c21-16-9-8-14(11-17(16)22)24-20(25)7-3-4-10-23-12-15-13-26-18-5-1-2-6-19(18)27-15/h1-2,5-6,8-9,11,15,23H,3-4,7,10,12-13H2,(H,24,25). The molecule has 1 aliphatic heterocycles. The van der Waals surface area contributed by atoms with E-state index in [0.29, 0.717) is 35.3 Å². The number of ether oxygens (including phenoxy) is 2. The molecule has 27 heavy (non-hydrogen) atoms. The molecule has 1 heterocycles. The maximum Gasteiger partial charge on any atom is 0.224 e. The Morgan fingerprint density at radius 2 is 1.89 bits per heavy atom. The second kappa shape index (κ2) is 9.83. The predicted octanol–water partition coefficient (Wildman–Crippen LogP) is 4.53. The maximum atomic E-state index is 12.0. The summed E-state index contributed by atoms with van der Waals surface area (Å²) in [6, 6.07) is 12.7. The van der Waals surface area contributed by atoms with Crippen LogP contribution in [0, 0.1) is 0 Å². The molecule has 2 aromatic rings. The van der Waals surface area contributed by atoms with Gasteiger partial charge in [-0.1, -0.05) is 35.3 Å². The zero-order chi connectivity index (χ0) is 19.1. The molecule has 0 aromatic heterocycles. The number of carbonyl (C=O) groups excluding carboxylic acids is 1. The third-order valence-electron chi connectivity index (χ3n) is 4.15. The van der Waals surface area contributed by atoms with Crippen LogP contribution in [-0.2, 0) is 4.79 Å². The maximum absolute atomic E-state index is 12.0. The van der Waals surface area contributed by atoms with Crippen molar-refractivity contribution in [3.63, 3.8) is 0 Å². The van der Waals surface area contributed by atoms with E-state index >= 15 is 0 Å². The third kappa shape index (κ3) is 6.03. The Hall–Kier alpha value is -1.95. The number of amides is 1. The van der Waals surface area contributed by atoms with Crippen LogP contribution >= 0.6 is 23.2 Å². The molecule has 3 rings (SSSR count). The van der Waals surface area contributed by atoms with Crippen LogP contribution in [0.3, 0.4) is 0 Å². The van der Waals surface area contributed by atoms with E-state index in [1.807, 2.05) is 24.3 Å². The van der Waals surface area contributed by atoms with Crippen LogP contribution in [0.2, 0.25) is 10.0 Å². The van der Waals surface area contributed by atoms with Gasteiger partial charge in [0.15, 0.2) is 11.5 Å². The van der Waals surface area contributed by atoms with Gasteiger partial charge in [0.25, 0.3) is 0 Å². The first-order valence-corrected chi connectivity index (χ1v) is 9.71. The molecule has 2 N–H and O–H groups in total. The van der Waals surface area contributed by atoms with Gasteiger partial charge in [0.2, 0.25) is 5.91 Å². The molecule has 0 bridgehead atoms. The highest BCUT2D eigenvalue weighted by molar-refractivity contribution is 6.42. The van der Waals surface area contributed by atoms with Crippen molar-refractivity contribution in [1.29, 1.82) is 0 Å². The Kier molecular flexibility index (Phi) is 7.21. The molecule has 1 atom stereocenters. The molecular weight excluding hydrogens is 387 g/mol. The van der Waals surface area contributed by atoms with Crippen molar-refractivity contribution in [2.45, 2.75) is 25.4 Å². The van der Waals surface area contributed by atoms with Crippen LogP contribution in [0.25, 0.3) is 0 Å². The van der Waals surface area contributed by atoms with Gasteiger partial charge in [0.1, 0.15) is 12.7 Å². The number of fused-ring (bicyclic) bond motifs is 1. The Bertz CT molecular complexity index is 786. The number of para-hydroxylation sites is 2. The molecule has 7 heteroatoms. The van der Waals surface area contributed by atoms with E-state index in [1.54, 1.807) is 18.2 Å². The fraction of sp³-hybridized carbons (Fsp3) is 0.350. The largest absolute Gasteiger partial charge is 0.486 e. The summed E-state index contributed by atoms with van der Waals surface area (Å²) in [4.78, 5) is 12.0. The summed E-state index contributed by atoms with van der Waals surface area (Å²) in [7, 11) is 0. The lowest BCUT2D eigenvalue weighted by molar-refractivity contribution is -0.116. The monoisotopic (exact) mass is 408 g/mol. The van der Waals surface area contributed by atoms with Crippen molar-refractivity contribution in [3.05, 3.63) is 52.5 Å². The van der Waals surface area contributed by atoms with Gasteiger partial charge in [-0.3, -0.25) is 4.79 Å². The van der Waals surface area contributed by atoms with E-state index in [4.69, 9.17) is 32.7 Å². The molecular formula is C20H22Cl2N2O3. The van der Waals surface area contributed by atoms with Crippen LogP contribution in [0.5, 0.6) is 11.5 Å². The number of halogens is 2. The zero-order valence-electron chi connectivity index (χ0n) is 14.8. The number of benzene rings is 2. The Morgan fingerprint density at radius 1 is 1.07 bits per heavy atom. The summed E-state index contributed by atoms with van der Waals surface area (Å²) < 4.78 is 11.6. The van der Waals surface area contributed by atoms with E-state index < -0.39 is 0 Å². The summed E-state index contributed by atoms with van der Waals surface area (Å²) in [5.74, 6) is 1.55. The highest BCUT2D eigenvalue weighted by atomic mass is 35.5. The van der Waals surface area contributed by atoms with E-state index in [9.17, 15) is 4.79 Å². The third-order valence-corrected chi connectivity index (χ3v) is 4.89. The number of hydrogen-bond donors (Lipinski definition) is 2. The summed E-state index contributed by atoms with van der Waals surface area (Å²) >= 11 is 11.8. The molecule has 1 amide bonds. The van der Waals surface area contributed by atoms with Crippen LogP contribution < -0.4 is 20.1 Å². The number of rotatable bonds is 8. The van der Waals surface area contributed by atoms with Gasteiger partial charge in [0, 0.05) is 18.7 Å². The Balaban J connectivity index is 1.27. The summed E-state index contributed by atoms with van der Waals surface area (Å²) in [5.41, 5.74) is 0.655. The van der Waals surface area contributed by atoms with Gasteiger partial charge in [-0.15, -0.1) is 0 Å². The van der Waals surface area contributed by atoms with Gasteiger partial charge >= 0.3 is 0 Å². The molecule has 0 saturated heterocycles. The second-order valence-corrected chi connectivity index (χ2v) is 7.15. The molecule has 1 aliphatic rings. The molecule has 144 valence electrons. The normalized spacial score (nSPS) is 15.4. The van der Waals surface area contributed by atoms with Gasteiger partial charge in [-0.05, 0) is 49.7 Å². The molecule has 0 saturated carbocycles. The topological polar surface area (TPSA) is 59.6 Å². The first-order valence-electron chi connectivity index (χ1n) is 8.96. The van der Waals surface area contributed by atoms with Crippen molar-refractivity contribution in [1.82, 2.24) is 5.32 Å². The molecule has 0 aliphatic carbocycles. The Morgan fingerprint density at radius 3 is 2.70 bits per heavy atom. The van der Waals surface area contributed by atoms with Gasteiger partial charge < -0.3 is 20.1 Å². The summed E-state index contributed by atoms with van der Waals surface area (Å²) in [6.07, 6.45) is 2.15. The highest BCUT2D eigenvalue weighted by Gasteiger charge is 2.19. The lowest BCUT2D eigenvalue weighted by Crippen LogP contribution is -2.38. The average molecular weight is 409 g/mol. The lowest BCUT2D eigenvalue weighted by atomic mass is 10.2. The van der Waals surface area contributed by atoms with Crippen LogP contribution in [-0.4, -0.2) is 31.7 Å². The molecule has 0 radical (unpaired) electrons. The number of anilines is 1. The van der Waals surface area contributed by atoms with Crippen molar-refractivity contribution >= 4 is 34.8 Å². The minimum atomic E-state index is -0.0333. The molecule has 5 nitrogen and oxygen atoms in total. The first kappa shape index (κ1) is 19.8. The summed E-state index contributed by atoms with van der Waals surface area (Å²) in [6.45, 7) is 2.07. The first-order chi connectivity index (χ1) is 13.1. The summed E-state index contributed by atoms with van der Waals surface area (Å²) in [5, 5.41) is 7.07. The number of carbonyl (C=O) groups is 1. The zero-order valence-corrected chi connectivity index (χ0v) is 16.4. The molecule has 1 unspecified atom stereocenters. The van der Waals surface area contributed by atoms with Crippen molar-refractivity contribution in [2.24, 2.45) is 0 Å². The Labute approximate surface area is 168 Å². The van der Waals surface area contributed by atoms with Crippen molar-refractivity contribution < 1.29 is 14.3 Å². The quantitative estimate of drug-likeness (QED) is 0.629. The minimum Gasteiger partial charge on any atom is -0.486 e. The van der Waals surface area contributed by atoms with E-state index in [0.717, 1.165) is 30.9 Å². The number of unbranched alkanes of at least 4 members (excludes halogenated alkanes) is 1. The lowest BCUT2D eigenvalue weighted by Gasteiger charge is -2.26. The molecule has 0 fully saturated rings. The van der Waals surface area contributed by atoms with Crippen LogP contribution in [0.1, 0.15) is 19.3 Å². The predicted molar refractivity (Wildman–Crippen MR) is 108 cm³/mol.